The number of nitrogens with zero attached hydrogens (tertiary/aromatic N) is 3. The smallest absolute Gasteiger partial charge is 0.0945 e. The Morgan fingerprint density at radius 1 is 1.45 bits per heavy atom. The molecular weight excluding hydrogens is 318 g/mol. The minimum absolute atomic E-state index is 0.453. The highest BCUT2D eigenvalue weighted by Gasteiger charge is 2.10. The number of hydrogen-bond donors (Lipinski definition) is 1. The first-order valence-corrected chi connectivity index (χ1v) is 7.52. The molecule has 1 heterocycles. The van der Waals surface area contributed by atoms with Crippen molar-refractivity contribution < 1.29 is 5.11 Å². The van der Waals surface area contributed by atoms with Crippen LogP contribution in [0.2, 0.25) is 0 Å². The van der Waals surface area contributed by atoms with Gasteiger partial charge < -0.3 is 14.6 Å². The third-order valence-electron chi connectivity index (χ3n) is 3.23. The molecule has 5 heteroatoms. The second-order valence-electron chi connectivity index (χ2n) is 4.99. The molecule has 2 aromatic rings. The Morgan fingerprint density at radius 2 is 2.30 bits per heavy atom. The fourth-order valence-electron chi connectivity index (χ4n) is 2.15. The molecule has 0 amide bonds. The molecule has 108 valence electrons. The molecule has 0 spiro atoms. The SMILES string of the molecule is CN(CCCn1ccnc1)CC(O)c1cccc(Br)c1. The number of aliphatic hydroxyl groups is 1. The minimum atomic E-state index is -0.453. The lowest BCUT2D eigenvalue weighted by Gasteiger charge is -2.21. The summed E-state index contributed by atoms with van der Waals surface area (Å²) in [5.41, 5.74) is 0.945. The summed E-state index contributed by atoms with van der Waals surface area (Å²) >= 11 is 3.43. The molecule has 2 rings (SSSR count). The highest BCUT2D eigenvalue weighted by atomic mass is 79.9. The number of halogens is 1. The predicted molar refractivity (Wildman–Crippen MR) is 83.4 cm³/mol. The third kappa shape index (κ3) is 4.74. The zero-order valence-electron chi connectivity index (χ0n) is 11.6. The number of aliphatic hydroxyl groups excluding tert-OH is 1. The van der Waals surface area contributed by atoms with Crippen LogP contribution < -0.4 is 0 Å². The van der Waals surface area contributed by atoms with Gasteiger partial charge in [-0.2, -0.15) is 0 Å². The van der Waals surface area contributed by atoms with E-state index in [9.17, 15) is 5.11 Å². The summed E-state index contributed by atoms with van der Waals surface area (Å²) in [6.07, 6.45) is 6.18. The Labute approximate surface area is 128 Å². The van der Waals surface area contributed by atoms with Crippen LogP contribution >= 0.6 is 15.9 Å². The molecule has 1 unspecified atom stereocenters. The summed E-state index contributed by atoms with van der Waals surface area (Å²) in [6, 6.07) is 7.82. The van der Waals surface area contributed by atoms with Crippen molar-refractivity contribution in [3.63, 3.8) is 0 Å². The number of aryl methyl sites for hydroxylation is 1. The first-order chi connectivity index (χ1) is 9.65. The molecule has 0 aliphatic carbocycles. The lowest BCUT2D eigenvalue weighted by Crippen LogP contribution is -2.26. The lowest BCUT2D eigenvalue weighted by atomic mass is 10.1. The van der Waals surface area contributed by atoms with Gasteiger partial charge in [-0.25, -0.2) is 4.98 Å². The molecule has 4 nitrogen and oxygen atoms in total. The first-order valence-electron chi connectivity index (χ1n) is 6.73. The van der Waals surface area contributed by atoms with E-state index in [-0.39, 0.29) is 0 Å². The fraction of sp³-hybridized carbons (Fsp3) is 0.400. The second-order valence-corrected chi connectivity index (χ2v) is 5.90. The Balaban J connectivity index is 1.74. The third-order valence-corrected chi connectivity index (χ3v) is 3.73. The van der Waals surface area contributed by atoms with Crippen LogP contribution in [0.1, 0.15) is 18.1 Å². The molecule has 1 aromatic heterocycles. The van der Waals surface area contributed by atoms with E-state index in [2.05, 4.69) is 30.4 Å². The number of benzene rings is 1. The average Bonchev–Trinajstić information content (AvgIpc) is 2.92. The molecule has 0 saturated carbocycles. The van der Waals surface area contributed by atoms with Gasteiger partial charge in [-0.1, -0.05) is 28.1 Å². The number of likely N-dealkylation sites (N-methyl/N-ethyl adjacent to an activating group) is 1. The van der Waals surface area contributed by atoms with Gasteiger partial charge in [0.05, 0.1) is 12.4 Å². The van der Waals surface area contributed by atoms with Crippen molar-refractivity contribution in [3.05, 3.63) is 53.0 Å². The van der Waals surface area contributed by atoms with E-state index >= 15 is 0 Å². The van der Waals surface area contributed by atoms with Crippen LogP contribution in [0.25, 0.3) is 0 Å². The van der Waals surface area contributed by atoms with Gasteiger partial charge in [-0.05, 0) is 37.7 Å². The van der Waals surface area contributed by atoms with Gasteiger partial charge in [0, 0.05) is 30.0 Å². The lowest BCUT2D eigenvalue weighted by molar-refractivity contribution is 0.125. The quantitative estimate of drug-likeness (QED) is 0.844. The van der Waals surface area contributed by atoms with Crippen molar-refractivity contribution in [1.29, 1.82) is 0 Å². The van der Waals surface area contributed by atoms with E-state index in [0.29, 0.717) is 6.54 Å². The topological polar surface area (TPSA) is 41.3 Å². The van der Waals surface area contributed by atoms with Crippen molar-refractivity contribution in [2.45, 2.75) is 19.1 Å². The van der Waals surface area contributed by atoms with Crippen molar-refractivity contribution in [2.75, 3.05) is 20.1 Å². The van der Waals surface area contributed by atoms with E-state index in [0.717, 1.165) is 29.5 Å². The van der Waals surface area contributed by atoms with E-state index < -0.39 is 6.10 Å². The van der Waals surface area contributed by atoms with E-state index in [1.54, 1.807) is 6.20 Å². The van der Waals surface area contributed by atoms with E-state index in [4.69, 9.17) is 0 Å². The molecule has 1 N–H and O–H groups in total. The monoisotopic (exact) mass is 337 g/mol. The maximum absolute atomic E-state index is 10.2. The highest BCUT2D eigenvalue weighted by molar-refractivity contribution is 9.10. The molecule has 20 heavy (non-hydrogen) atoms. The van der Waals surface area contributed by atoms with Gasteiger partial charge in [0.25, 0.3) is 0 Å². The Hall–Kier alpha value is -1.17. The Kier molecular flexibility index (Phi) is 5.76. The molecular formula is C15H20BrN3O. The highest BCUT2D eigenvalue weighted by Crippen LogP contribution is 2.18. The minimum Gasteiger partial charge on any atom is -0.387 e. The second kappa shape index (κ2) is 7.57. The average molecular weight is 338 g/mol. The fourth-order valence-corrected chi connectivity index (χ4v) is 2.56. The van der Waals surface area contributed by atoms with Crippen LogP contribution in [0.5, 0.6) is 0 Å². The Bertz CT molecular complexity index is 516. The van der Waals surface area contributed by atoms with Gasteiger partial charge in [-0.3, -0.25) is 0 Å². The summed E-state index contributed by atoms with van der Waals surface area (Å²) in [7, 11) is 2.04. The maximum atomic E-state index is 10.2. The largest absolute Gasteiger partial charge is 0.387 e. The van der Waals surface area contributed by atoms with Crippen LogP contribution in [-0.2, 0) is 6.54 Å². The summed E-state index contributed by atoms with van der Waals surface area (Å²) in [6.45, 7) is 2.54. The summed E-state index contributed by atoms with van der Waals surface area (Å²) < 4.78 is 3.07. The van der Waals surface area contributed by atoms with E-state index in [1.165, 1.54) is 0 Å². The van der Waals surface area contributed by atoms with Crippen molar-refractivity contribution in [3.8, 4) is 0 Å². The number of rotatable bonds is 7. The van der Waals surface area contributed by atoms with Crippen molar-refractivity contribution in [1.82, 2.24) is 14.5 Å². The first kappa shape index (κ1) is 15.2. The number of imidazole rings is 1. The van der Waals surface area contributed by atoms with Crippen LogP contribution in [0.4, 0.5) is 0 Å². The van der Waals surface area contributed by atoms with Gasteiger partial charge in [0.2, 0.25) is 0 Å². The number of aromatic nitrogens is 2. The van der Waals surface area contributed by atoms with Gasteiger partial charge in [0.15, 0.2) is 0 Å². The molecule has 0 aliphatic heterocycles. The molecule has 0 aliphatic rings. The zero-order valence-corrected chi connectivity index (χ0v) is 13.2. The molecule has 0 fully saturated rings. The molecule has 0 saturated heterocycles. The van der Waals surface area contributed by atoms with Gasteiger partial charge >= 0.3 is 0 Å². The van der Waals surface area contributed by atoms with Crippen LogP contribution in [-0.4, -0.2) is 39.7 Å². The summed E-state index contributed by atoms with van der Waals surface area (Å²) in [5.74, 6) is 0. The predicted octanol–water partition coefficient (Wildman–Crippen LogP) is 2.70. The van der Waals surface area contributed by atoms with Crippen LogP contribution in [0.3, 0.4) is 0 Å². The molecule has 0 radical (unpaired) electrons. The Morgan fingerprint density at radius 3 is 3.00 bits per heavy atom. The molecule has 1 atom stereocenters. The van der Waals surface area contributed by atoms with Crippen LogP contribution in [0.15, 0.2) is 47.5 Å². The summed E-state index contributed by atoms with van der Waals surface area (Å²) in [5, 5.41) is 10.2. The summed E-state index contributed by atoms with van der Waals surface area (Å²) in [4.78, 5) is 6.18. The van der Waals surface area contributed by atoms with Crippen LogP contribution in [0, 0.1) is 0 Å². The van der Waals surface area contributed by atoms with E-state index in [1.807, 2.05) is 43.8 Å². The van der Waals surface area contributed by atoms with Crippen molar-refractivity contribution >= 4 is 15.9 Å². The normalized spacial score (nSPS) is 12.8. The van der Waals surface area contributed by atoms with Gasteiger partial charge in [0.1, 0.15) is 0 Å². The standard InChI is InChI=1S/C15H20BrN3O/c1-18(7-3-8-19-9-6-17-12-19)11-15(20)13-4-2-5-14(16)10-13/h2,4-6,9-10,12,15,20H,3,7-8,11H2,1H3. The molecule has 1 aromatic carbocycles. The van der Waals surface area contributed by atoms with Gasteiger partial charge in [-0.15, -0.1) is 0 Å². The molecule has 0 bridgehead atoms. The van der Waals surface area contributed by atoms with Crippen molar-refractivity contribution in [2.24, 2.45) is 0 Å². The zero-order chi connectivity index (χ0) is 14.4. The maximum Gasteiger partial charge on any atom is 0.0945 e. The number of hydrogen-bond acceptors (Lipinski definition) is 3.